The maximum atomic E-state index is 12.6. The summed E-state index contributed by atoms with van der Waals surface area (Å²) in [6, 6.07) is 0.541. The molecule has 0 radical (unpaired) electrons. The van der Waals surface area contributed by atoms with Crippen LogP contribution in [0.3, 0.4) is 0 Å². The highest BCUT2D eigenvalue weighted by atomic mass is 16.2. The predicted octanol–water partition coefficient (Wildman–Crippen LogP) is 2.25. The second kappa shape index (κ2) is 6.72. The molecule has 0 aliphatic carbocycles. The minimum absolute atomic E-state index is 0.0221. The summed E-state index contributed by atoms with van der Waals surface area (Å²) in [5, 5.41) is 4.44. The van der Waals surface area contributed by atoms with Crippen LogP contribution in [0, 0.1) is 0 Å². The third-order valence-electron chi connectivity index (χ3n) is 5.25. The van der Waals surface area contributed by atoms with Crippen LogP contribution >= 0.6 is 0 Å². The molecule has 1 atom stereocenters. The number of rotatable bonds is 4. The second-order valence-corrected chi connectivity index (χ2v) is 7.43. The van der Waals surface area contributed by atoms with Gasteiger partial charge in [-0.1, -0.05) is 12.2 Å². The third kappa shape index (κ3) is 3.07. The molecule has 0 N–H and O–H groups in total. The van der Waals surface area contributed by atoms with Gasteiger partial charge in [-0.3, -0.25) is 14.4 Å². The number of imidazole rings is 1. The second-order valence-electron chi connectivity index (χ2n) is 7.43. The molecule has 2 aromatic heterocycles. The highest BCUT2D eigenvalue weighted by Gasteiger charge is 2.29. The van der Waals surface area contributed by atoms with Crippen molar-refractivity contribution in [2.45, 2.75) is 45.9 Å². The van der Waals surface area contributed by atoms with Gasteiger partial charge in [-0.25, -0.2) is 4.98 Å². The Morgan fingerprint density at radius 3 is 2.69 bits per heavy atom. The summed E-state index contributed by atoms with van der Waals surface area (Å²) in [7, 11) is 0. The van der Waals surface area contributed by atoms with Gasteiger partial charge in [0.05, 0.1) is 12.2 Å². The average molecular weight is 354 g/mol. The smallest absolute Gasteiger partial charge is 0.274 e. The van der Waals surface area contributed by atoms with Gasteiger partial charge in [0.1, 0.15) is 11.5 Å². The van der Waals surface area contributed by atoms with E-state index in [1.165, 1.54) is 5.56 Å². The van der Waals surface area contributed by atoms with Crippen molar-refractivity contribution in [2.24, 2.45) is 0 Å². The number of hydrogen-bond donors (Lipinski definition) is 0. The fourth-order valence-corrected chi connectivity index (χ4v) is 3.64. The first-order valence-corrected chi connectivity index (χ1v) is 9.31. The number of carbonyl (C=O) groups is 1. The lowest BCUT2D eigenvalue weighted by Gasteiger charge is -2.33. The molecule has 0 bridgehead atoms. The molecular weight excluding hydrogens is 328 g/mol. The fraction of sp³-hybridized carbons (Fsp3) is 0.526. The lowest BCUT2D eigenvalue weighted by atomic mass is 10.2. The molecule has 0 saturated carbocycles. The molecule has 2 aliphatic rings. The molecule has 0 fully saturated rings. The lowest BCUT2D eigenvalue weighted by molar-refractivity contribution is 0.0794. The average Bonchev–Trinajstić information content (AvgIpc) is 3.37. The third-order valence-corrected chi connectivity index (χ3v) is 5.25. The first-order chi connectivity index (χ1) is 12.5. The number of carbonyl (C=O) groups excluding carboxylic acids is 1. The van der Waals surface area contributed by atoms with E-state index in [0.29, 0.717) is 24.8 Å². The van der Waals surface area contributed by atoms with Crippen LogP contribution < -0.4 is 0 Å². The standard InChI is InChI=1S/C19H26N6O/c1-14(2)25-12-16(10-20-25)11-23-8-9-24-13-17(21-18(24)15(23)3)19(26)22-6-4-5-7-22/h4-5,10,12-15H,6-9,11H2,1-3H3/t15-/m1/s1. The molecule has 7 heteroatoms. The van der Waals surface area contributed by atoms with Gasteiger partial charge in [0.25, 0.3) is 5.91 Å². The van der Waals surface area contributed by atoms with Crippen LogP contribution in [0.4, 0.5) is 0 Å². The van der Waals surface area contributed by atoms with Gasteiger partial charge < -0.3 is 9.47 Å². The van der Waals surface area contributed by atoms with E-state index in [0.717, 1.165) is 25.5 Å². The van der Waals surface area contributed by atoms with Crippen molar-refractivity contribution in [1.29, 1.82) is 0 Å². The van der Waals surface area contributed by atoms with Crippen LogP contribution in [0.5, 0.6) is 0 Å². The SMILES string of the molecule is CC(C)n1cc(CN2CCn3cc(C(=O)N4CC=CC4)nc3[C@H]2C)cn1. The summed E-state index contributed by atoms with van der Waals surface area (Å²) >= 11 is 0. The quantitative estimate of drug-likeness (QED) is 0.790. The molecule has 0 unspecified atom stereocenters. The molecule has 0 aromatic carbocycles. The monoisotopic (exact) mass is 354 g/mol. The summed E-state index contributed by atoms with van der Waals surface area (Å²) in [5.41, 5.74) is 1.77. The minimum atomic E-state index is 0.0221. The minimum Gasteiger partial charge on any atom is -0.331 e. The maximum Gasteiger partial charge on any atom is 0.274 e. The van der Waals surface area contributed by atoms with Crippen LogP contribution in [0.15, 0.2) is 30.7 Å². The van der Waals surface area contributed by atoms with Crippen molar-refractivity contribution in [1.82, 2.24) is 29.1 Å². The zero-order chi connectivity index (χ0) is 18.3. The Bertz CT molecular complexity index is 825. The highest BCUT2D eigenvalue weighted by molar-refractivity contribution is 5.92. The summed E-state index contributed by atoms with van der Waals surface area (Å²) in [6.07, 6.45) is 10.0. The molecule has 138 valence electrons. The van der Waals surface area contributed by atoms with Gasteiger partial charge in [-0.05, 0) is 20.8 Å². The number of hydrogen-bond acceptors (Lipinski definition) is 4. The Balaban J connectivity index is 1.49. The van der Waals surface area contributed by atoms with Gasteiger partial charge in [0.2, 0.25) is 0 Å². The van der Waals surface area contributed by atoms with E-state index in [9.17, 15) is 4.79 Å². The lowest BCUT2D eigenvalue weighted by Crippen LogP contribution is -2.36. The van der Waals surface area contributed by atoms with E-state index in [-0.39, 0.29) is 11.9 Å². The fourth-order valence-electron chi connectivity index (χ4n) is 3.64. The van der Waals surface area contributed by atoms with Crippen LogP contribution in [0.1, 0.15) is 54.7 Å². The predicted molar refractivity (Wildman–Crippen MR) is 98.7 cm³/mol. The molecule has 2 aliphatic heterocycles. The van der Waals surface area contributed by atoms with Crippen molar-refractivity contribution in [3.8, 4) is 0 Å². The summed E-state index contributed by atoms with van der Waals surface area (Å²) < 4.78 is 4.13. The van der Waals surface area contributed by atoms with Gasteiger partial charge in [0, 0.05) is 56.7 Å². The molecule has 4 heterocycles. The first-order valence-electron chi connectivity index (χ1n) is 9.31. The van der Waals surface area contributed by atoms with E-state index < -0.39 is 0 Å². The van der Waals surface area contributed by atoms with Gasteiger partial charge in [0.15, 0.2) is 0 Å². The van der Waals surface area contributed by atoms with Gasteiger partial charge in [-0.15, -0.1) is 0 Å². The molecule has 1 amide bonds. The molecule has 0 saturated heterocycles. The maximum absolute atomic E-state index is 12.6. The van der Waals surface area contributed by atoms with Crippen LogP contribution in [0.25, 0.3) is 0 Å². The number of aromatic nitrogens is 4. The van der Waals surface area contributed by atoms with E-state index in [2.05, 4.69) is 46.5 Å². The normalized spacial score (nSPS) is 20.2. The molecular formula is C19H26N6O. The summed E-state index contributed by atoms with van der Waals surface area (Å²) in [5.74, 6) is 0.997. The summed E-state index contributed by atoms with van der Waals surface area (Å²) in [4.78, 5) is 21.5. The molecule has 4 rings (SSSR count). The van der Waals surface area contributed by atoms with Crippen LogP contribution in [-0.2, 0) is 13.1 Å². The van der Waals surface area contributed by atoms with Crippen LogP contribution in [-0.4, -0.2) is 54.7 Å². The zero-order valence-corrected chi connectivity index (χ0v) is 15.7. The molecule has 26 heavy (non-hydrogen) atoms. The van der Waals surface area contributed by atoms with Crippen LogP contribution in [0.2, 0.25) is 0 Å². The Kier molecular flexibility index (Phi) is 4.40. The van der Waals surface area contributed by atoms with Crippen molar-refractivity contribution in [3.63, 3.8) is 0 Å². The Morgan fingerprint density at radius 1 is 1.23 bits per heavy atom. The number of amides is 1. The van der Waals surface area contributed by atoms with E-state index in [1.807, 2.05) is 34.1 Å². The van der Waals surface area contributed by atoms with Crippen molar-refractivity contribution in [2.75, 3.05) is 19.6 Å². The van der Waals surface area contributed by atoms with E-state index in [1.54, 1.807) is 0 Å². The highest BCUT2D eigenvalue weighted by Crippen LogP contribution is 2.26. The molecule has 7 nitrogen and oxygen atoms in total. The first kappa shape index (κ1) is 17.0. The van der Waals surface area contributed by atoms with Crippen molar-refractivity contribution >= 4 is 5.91 Å². The van der Waals surface area contributed by atoms with Gasteiger partial charge in [-0.2, -0.15) is 5.10 Å². The van der Waals surface area contributed by atoms with Crippen molar-refractivity contribution < 1.29 is 4.79 Å². The zero-order valence-electron chi connectivity index (χ0n) is 15.7. The van der Waals surface area contributed by atoms with Gasteiger partial charge >= 0.3 is 0 Å². The Hall–Kier alpha value is -2.41. The van der Waals surface area contributed by atoms with E-state index >= 15 is 0 Å². The largest absolute Gasteiger partial charge is 0.331 e. The van der Waals surface area contributed by atoms with E-state index in [4.69, 9.17) is 0 Å². The topological polar surface area (TPSA) is 59.2 Å². The number of nitrogens with zero attached hydrogens (tertiary/aromatic N) is 6. The summed E-state index contributed by atoms with van der Waals surface area (Å²) in [6.45, 7) is 10.4. The molecule has 2 aromatic rings. The molecule has 0 spiro atoms. The Labute approximate surface area is 153 Å². The number of fused-ring (bicyclic) bond motifs is 1. The van der Waals surface area contributed by atoms with Crippen molar-refractivity contribution in [3.05, 3.63) is 47.8 Å². The Morgan fingerprint density at radius 2 is 2.00 bits per heavy atom.